The van der Waals surface area contributed by atoms with Gasteiger partial charge in [0.1, 0.15) is 5.69 Å². The van der Waals surface area contributed by atoms with Crippen LogP contribution < -0.4 is 5.73 Å². The maximum absolute atomic E-state index is 6.07. The van der Waals surface area contributed by atoms with Gasteiger partial charge in [-0.3, -0.25) is 4.98 Å². The predicted molar refractivity (Wildman–Crippen MR) is 77.0 cm³/mol. The van der Waals surface area contributed by atoms with E-state index in [2.05, 4.69) is 22.9 Å². The Balaban J connectivity index is 2.27. The van der Waals surface area contributed by atoms with E-state index in [0.29, 0.717) is 0 Å². The van der Waals surface area contributed by atoms with Crippen LogP contribution in [0.1, 0.15) is 44.7 Å². The number of hydrogen-bond acceptors (Lipinski definition) is 3. The lowest BCUT2D eigenvalue weighted by molar-refractivity contribution is 0.324. The van der Waals surface area contributed by atoms with Crippen LogP contribution in [0.15, 0.2) is 24.4 Å². The summed E-state index contributed by atoms with van der Waals surface area (Å²) < 4.78 is 0. The third-order valence-corrected chi connectivity index (χ3v) is 3.40. The molecule has 0 aromatic carbocycles. The highest BCUT2D eigenvalue weighted by atomic mass is 15.1. The van der Waals surface area contributed by atoms with E-state index in [1.165, 1.54) is 25.0 Å². The van der Waals surface area contributed by atoms with Crippen LogP contribution in [0.2, 0.25) is 0 Å². The predicted octanol–water partition coefficient (Wildman–Crippen LogP) is 3.29. The Kier molecular flexibility index (Phi) is 4.62. The number of aromatic nitrogens is 1. The van der Waals surface area contributed by atoms with E-state index >= 15 is 0 Å². The van der Waals surface area contributed by atoms with Gasteiger partial charge in [0, 0.05) is 19.3 Å². The first-order valence-corrected chi connectivity index (χ1v) is 6.99. The van der Waals surface area contributed by atoms with Gasteiger partial charge in [0.2, 0.25) is 0 Å². The fourth-order valence-electron chi connectivity index (χ4n) is 2.42. The van der Waals surface area contributed by atoms with E-state index in [1.807, 2.05) is 18.3 Å². The van der Waals surface area contributed by atoms with Crippen LogP contribution in [-0.4, -0.2) is 23.0 Å². The Morgan fingerprint density at radius 2 is 2.17 bits per heavy atom. The van der Waals surface area contributed by atoms with Crippen molar-refractivity contribution in [2.45, 2.75) is 39.0 Å². The van der Waals surface area contributed by atoms with Crippen molar-refractivity contribution in [1.29, 1.82) is 0 Å². The molecule has 3 nitrogen and oxygen atoms in total. The number of anilines is 1. The van der Waals surface area contributed by atoms with E-state index in [4.69, 9.17) is 5.73 Å². The molecule has 1 aromatic heterocycles. The zero-order valence-corrected chi connectivity index (χ0v) is 11.2. The molecule has 98 valence electrons. The molecule has 3 heteroatoms. The van der Waals surface area contributed by atoms with Crippen LogP contribution in [0.25, 0.3) is 5.70 Å². The monoisotopic (exact) mass is 245 g/mol. The fraction of sp³-hybridized carbons (Fsp3) is 0.533. The number of hydrogen-bond donors (Lipinski definition) is 1. The SMILES string of the molecule is CCC/C=C(\c1ncccc1N)N1CCCCC1. The van der Waals surface area contributed by atoms with E-state index in [0.717, 1.165) is 37.3 Å². The van der Waals surface area contributed by atoms with E-state index in [9.17, 15) is 0 Å². The molecule has 0 atom stereocenters. The maximum Gasteiger partial charge on any atom is 0.109 e. The van der Waals surface area contributed by atoms with Gasteiger partial charge in [0.05, 0.1) is 11.4 Å². The first kappa shape index (κ1) is 12.9. The topological polar surface area (TPSA) is 42.1 Å². The van der Waals surface area contributed by atoms with Crippen molar-refractivity contribution in [3.63, 3.8) is 0 Å². The van der Waals surface area contributed by atoms with E-state index < -0.39 is 0 Å². The number of nitrogen functional groups attached to an aromatic ring is 1. The number of rotatable bonds is 4. The molecule has 2 rings (SSSR count). The molecule has 1 fully saturated rings. The molecule has 1 aromatic rings. The second-order valence-corrected chi connectivity index (χ2v) is 4.87. The van der Waals surface area contributed by atoms with Crippen molar-refractivity contribution < 1.29 is 0 Å². The van der Waals surface area contributed by atoms with Gasteiger partial charge in [0.25, 0.3) is 0 Å². The molecule has 1 aliphatic rings. The molecule has 0 radical (unpaired) electrons. The summed E-state index contributed by atoms with van der Waals surface area (Å²) in [5.41, 5.74) is 9.04. The Morgan fingerprint density at radius 3 is 2.83 bits per heavy atom. The zero-order chi connectivity index (χ0) is 12.8. The maximum atomic E-state index is 6.07. The van der Waals surface area contributed by atoms with Crippen LogP contribution in [0.4, 0.5) is 5.69 Å². The summed E-state index contributed by atoms with van der Waals surface area (Å²) in [5.74, 6) is 0. The Bertz CT molecular complexity index is 406. The number of likely N-dealkylation sites (tertiary alicyclic amines) is 1. The molecule has 18 heavy (non-hydrogen) atoms. The third kappa shape index (κ3) is 3.03. The molecule has 1 saturated heterocycles. The lowest BCUT2D eigenvalue weighted by Gasteiger charge is -2.31. The molecule has 2 N–H and O–H groups in total. The van der Waals surface area contributed by atoms with Gasteiger partial charge in [-0.15, -0.1) is 0 Å². The highest BCUT2D eigenvalue weighted by Crippen LogP contribution is 2.26. The summed E-state index contributed by atoms with van der Waals surface area (Å²) in [6.45, 7) is 4.46. The number of piperidine rings is 1. The van der Waals surface area contributed by atoms with Crippen LogP contribution in [0.5, 0.6) is 0 Å². The molecular weight excluding hydrogens is 222 g/mol. The normalized spacial score (nSPS) is 16.9. The van der Waals surface area contributed by atoms with Gasteiger partial charge in [-0.2, -0.15) is 0 Å². The molecule has 0 bridgehead atoms. The van der Waals surface area contributed by atoms with Gasteiger partial charge >= 0.3 is 0 Å². The fourth-order valence-corrected chi connectivity index (χ4v) is 2.42. The molecule has 0 unspecified atom stereocenters. The summed E-state index contributed by atoms with van der Waals surface area (Å²) in [6, 6.07) is 3.83. The highest BCUT2D eigenvalue weighted by Gasteiger charge is 2.17. The van der Waals surface area contributed by atoms with Gasteiger partial charge in [0.15, 0.2) is 0 Å². The number of allylic oxidation sites excluding steroid dienone is 1. The van der Waals surface area contributed by atoms with Crippen molar-refractivity contribution in [3.8, 4) is 0 Å². The van der Waals surface area contributed by atoms with Crippen molar-refractivity contribution in [2.75, 3.05) is 18.8 Å². The molecule has 0 spiro atoms. The standard InChI is InChI=1S/C15H23N3/c1-2-3-9-14(18-11-5-4-6-12-18)15-13(16)8-7-10-17-15/h7-10H,2-6,11-12,16H2,1H3/b14-9+. The zero-order valence-electron chi connectivity index (χ0n) is 11.2. The largest absolute Gasteiger partial charge is 0.397 e. The second-order valence-electron chi connectivity index (χ2n) is 4.87. The van der Waals surface area contributed by atoms with Crippen LogP contribution >= 0.6 is 0 Å². The Labute approximate surface area is 110 Å². The average Bonchev–Trinajstić information content (AvgIpc) is 2.42. The molecule has 0 amide bonds. The molecular formula is C15H23N3. The quantitative estimate of drug-likeness (QED) is 0.885. The Morgan fingerprint density at radius 1 is 1.39 bits per heavy atom. The summed E-state index contributed by atoms with van der Waals surface area (Å²) in [6.07, 6.45) is 10.3. The summed E-state index contributed by atoms with van der Waals surface area (Å²) in [5, 5.41) is 0. The van der Waals surface area contributed by atoms with Gasteiger partial charge in [-0.25, -0.2) is 0 Å². The van der Waals surface area contributed by atoms with Crippen molar-refractivity contribution in [2.24, 2.45) is 0 Å². The minimum atomic E-state index is 0.783. The van der Waals surface area contributed by atoms with Crippen molar-refractivity contribution in [3.05, 3.63) is 30.1 Å². The summed E-state index contributed by atoms with van der Waals surface area (Å²) in [7, 11) is 0. The smallest absolute Gasteiger partial charge is 0.109 e. The van der Waals surface area contributed by atoms with Gasteiger partial charge in [-0.05, 0) is 37.8 Å². The summed E-state index contributed by atoms with van der Waals surface area (Å²) >= 11 is 0. The lowest BCUT2D eigenvalue weighted by Crippen LogP contribution is -2.29. The Hall–Kier alpha value is -1.51. The third-order valence-electron chi connectivity index (χ3n) is 3.40. The van der Waals surface area contributed by atoms with Gasteiger partial charge in [-0.1, -0.05) is 19.4 Å². The first-order valence-electron chi connectivity index (χ1n) is 6.99. The van der Waals surface area contributed by atoms with Crippen molar-refractivity contribution >= 4 is 11.4 Å². The van der Waals surface area contributed by atoms with Crippen LogP contribution in [0, 0.1) is 0 Å². The number of pyridine rings is 1. The van der Waals surface area contributed by atoms with Crippen molar-refractivity contribution in [1.82, 2.24) is 9.88 Å². The second kappa shape index (κ2) is 6.43. The summed E-state index contributed by atoms with van der Waals surface area (Å²) in [4.78, 5) is 6.91. The minimum Gasteiger partial charge on any atom is -0.397 e. The molecule has 0 saturated carbocycles. The molecule has 0 aliphatic carbocycles. The average molecular weight is 245 g/mol. The highest BCUT2D eigenvalue weighted by molar-refractivity contribution is 5.70. The van der Waals surface area contributed by atoms with E-state index in [1.54, 1.807) is 0 Å². The minimum absolute atomic E-state index is 0.783. The molecule has 2 heterocycles. The molecule has 1 aliphatic heterocycles. The van der Waals surface area contributed by atoms with E-state index in [-0.39, 0.29) is 0 Å². The van der Waals surface area contributed by atoms with Crippen LogP contribution in [-0.2, 0) is 0 Å². The van der Waals surface area contributed by atoms with Crippen LogP contribution in [0.3, 0.4) is 0 Å². The first-order chi connectivity index (χ1) is 8.83. The lowest BCUT2D eigenvalue weighted by atomic mass is 10.1. The number of nitrogens with zero attached hydrogens (tertiary/aromatic N) is 2. The number of nitrogens with two attached hydrogens (primary N) is 1. The number of unbranched alkanes of at least 4 members (excludes halogenated alkanes) is 1. The van der Waals surface area contributed by atoms with Gasteiger partial charge < -0.3 is 10.6 Å².